The third-order valence-electron chi connectivity index (χ3n) is 2.98. The maximum Gasteiger partial charge on any atom is 0.226 e. The summed E-state index contributed by atoms with van der Waals surface area (Å²) in [5.41, 5.74) is 8.09. The minimum Gasteiger partial charge on any atom is -0.339 e. The second-order valence-electron chi connectivity index (χ2n) is 4.42. The molecular weight excluding hydrogens is 226 g/mol. The molecule has 0 spiro atoms. The number of nitrogens with two attached hydrogens (primary N) is 1. The van der Waals surface area contributed by atoms with E-state index < -0.39 is 0 Å². The number of nitrogens with zero attached hydrogens (tertiary/aromatic N) is 2. The van der Waals surface area contributed by atoms with Crippen LogP contribution in [-0.2, 0) is 19.3 Å². The van der Waals surface area contributed by atoms with Crippen LogP contribution in [0.1, 0.15) is 29.3 Å². The Labute approximate surface area is 107 Å². The van der Waals surface area contributed by atoms with Crippen LogP contribution in [0, 0.1) is 6.92 Å². The van der Waals surface area contributed by atoms with E-state index in [-0.39, 0.29) is 0 Å². The highest BCUT2D eigenvalue weighted by Gasteiger charge is 2.06. The average Bonchev–Trinajstić information content (AvgIpc) is 2.83. The molecule has 0 aliphatic rings. The van der Waals surface area contributed by atoms with Gasteiger partial charge in [-0.25, -0.2) is 0 Å². The van der Waals surface area contributed by atoms with Gasteiger partial charge in [0.15, 0.2) is 5.82 Å². The van der Waals surface area contributed by atoms with Crippen molar-refractivity contribution < 1.29 is 4.52 Å². The molecule has 0 bridgehead atoms. The van der Waals surface area contributed by atoms with E-state index >= 15 is 0 Å². The lowest BCUT2D eigenvalue weighted by molar-refractivity contribution is 0.372. The predicted octanol–water partition coefficient (Wildman–Crippen LogP) is 2.05. The fourth-order valence-corrected chi connectivity index (χ4v) is 1.89. The summed E-state index contributed by atoms with van der Waals surface area (Å²) in [5.74, 6) is 1.48. The normalized spacial score (nSPS) is 10.8. The molecular formula is C14H19N3O. The Hall–Kier alpha value is -1.68. The largest absolute Gasteiger partial charge is 0.339 e. The van der Waals surface area contributed by atoms with E-state index in [1.54, 1.807) is 0 Å². The molecule has 0 fully saturated rings. The van der Waals surface area contributed by atoms with Crippen LogP contribution in [0.3, 0.4) is 0 Å². The maximum absolute atomic E-state index is 5.45. The van der Waals surface area contributed by atoms with Crippen molar-refractivity contribution in [1.82, 2.24) is 10.1 Å². The summed E-state index contributed by atoms with van der Waals surface area (Å²) in [6, 6.07) is 8.37. The Morgan fingerprint density at radius 3 is 2.78 bits per heavy atom. The van der Waals surface area contributed by atoms with Crippen LogP contribution in [-0.4, -0.2) is 16.7 Å². The lowest BCUT2D eigenvalue weighted by Gasteiger charge is -2.02. The molecule has 0 atom stereocenters. The Balaban J connectivity index is 1.90. The van der Waals surface area contributed by atoms with Crippen LogP contribution in [0.5, 0.6) is 0 Å². The maximum atomic E-state index is 5.45. The summed E-state index contributed by atoms with van der Waals surface area (Å²) in [7, 11) is 0. The molecule has 0 saturated heterocycles. The van der Waals surface area contributed by atoms with Gasteiger partial charge >= 0.3 is 0 Å². The smallest absolute Gasteiger partial charge is 0.226 e. The molecule has 0 radical (unpaired) electrons. The topological polar surface area (TPSA) is 64.9 Å². The van der Waals surface area contributed by atoms with Crippen molar-refractivity contribution in [2.75, 3.05) is 6.54 Å². The van der Waals surface area contributed by atoms with Crippen molar-refractivity contribution in [3.05, 3.63) is 47.1 Å². The number of benzene rings is 1. The summed E-state index contributed by atoms with van der Waals surface area (Å²) in [5, 5.41) is 3.95. The van der Waals surface area contributed by atoms with Gasteiger partial charge in [-0.05, 0) is 37.4 Å². The van der Waals surface area contributed by atoms with E-state index in [1.165, 1.54) is 11.1 Å². The van der Waals surface area contributed by atoms with Gasteiger partial charge in [0.05, 0.1) is 0 Å². The quantitative estimate of drug-likeness (QED) is 0.846. The first kappa shape index (κ1) is 12.8. The van der Waals surface area contributed by atoms with Crippen molar-refractivity contribution >= 4 is 0 Å². The van der Waals surface area contributed by atoms with Crippen molar-refractivity contribution in [2.45, 2.75) is 32.6 Å². The van der Waals surface area contributed by atoms with Crippen LogP contribution < -0.4 is 5.73 Å². The van der Waals surface area contributed by atoms with Crippen molar-refractivity contribution in [1.29, 1.82) is 0 Å². The fourth-order valence-electron chi connectivity index (χ4n) is 1.89. The first-order chi connectivity index (χ1) is 8.79. The molecule has 2 aromatic rings. The van der Waals surface area contributed by atoms with Gasteiger partial charge in [-0.3, -0.25) is 0 Å². The van der Waals surface area contributed by atoms with Crippen LogP contribution in [0.2, 0.25) is 0 Å². The number of aryl methyl sites for hydroxylation is 4. The molecule has 1 heterocycles. The standard InChI is InChI=1S/C14H19N3O/c1-11-5-2-3-6-12(11)8-9-14-16-13(17-18-14)7-4-10-15/h2-3,5-6H,4,7-10,15H2,1H3. The molecule has 0 aliphatic carbocycles. The summed E-state index contributed by atoms with van der Waals surface area (Å²) in [6.45, 7) is 2.78. The second kappa shape index (κ2) is 6.31. The highest BCUT2D eigenvalue weighted by molar-refractivity contribution is 5.25. The summed E-state index contributed by atoms with van der Waals surface area (Å²) < 4.78 is 5.22. The van der Waals surface area contributed by atoms with Gasteiger partial charge in [-0.15, -0.1) is 0 Å². The van der Waals surface area contributed by atoms with Crippen LogP contribution in [0.15, 0.2) is 28.8 Å². The molecule has 18 heavy (non-hydrogen) atoms. The van der Waals surface area contributed by atoms with Crippen molar-refractivity contribution in [3.8, 4) is 0 Å². The second-order valence-corrected chi connectivity index (χ2v) is 4.42. The summed E-state index contributed by atoms with van der Waals surface area (Å²) >= 11 is 0. The number of aromatic nitrogens is 2. The first-order valence-electron chi connectivity index (χ1n) is 6.35. The van der Waals surface area contributed by atoms with Gasteiger partial charge in [0.2, 0.25) is 5.89 Å². The lowest BCUT2D eigenvalue weighted by Crippen LogP contribution is -2.01. The van der Waals surface area contributed by atoms with Crippen molar-refractivity contribution in [3.63, 3.8) is 0 Å². The lowest BCUT2D eigenvalue weighted by atomic mass is 10.0. The zero-order valence-corrected chi connectivity index (χ0v) is 10.7. The van der Waals surface area contributed by atoms with E-state index in [4.69, 9.17) is 10.3 Å². The van der Waals surface area contributed by atoms with Crippen LogP contribution >= 0.6 is 0 Å². The van der Waals surface area contributed by atoms with Gasteiger partial charge < -0.3 is 10.3 Å². The van der Waals surface area contributed by atoms with Crippen LogP contribution in [0.25, 0.3) is 0 Å². The molecule has 1 aromatic heterocycles. The molecule has 0 amide bonds. The predicted molar refractivity (Wildman–Crippen MR) is 70.3 cm³/mol. The van der Waals surface area contributed by atoms with Gasteiger partial charge in [0.1, 0.15) is 0 Å². The third-order valence-corrected chi connectivity index (χ3v) is 2.98. The minimum absolute atomic E-state index is 0.660. The van der Waals surface area contributed by atoms with E-state index in [9.17, 15) is 0 Å². The molecule has 2 rings (SSSR count). The average molecular weight is 245 g/mol. The Morgan fingerprint density at radius 2 is 2.00 bits per heavy atom. The molecule has 0 saturated carbocycles. The highest BCUT2D eigenvalue weighted by Crippen LogP contribution is 2.11. The SMILES string of the molecule is Cc1ccccc1CCc1nc(CCCN)no1. The van der Waals surface area contributed by atoms with E-state index in [1.807, 2.05) is 0 Å². The molecule has 4 heteroatoms. The molecule has 0 unspecified atom stereocenters. The van der Waals surface area contributed by atoms with E-state index in [2.05, 4.69) is 41.3 Å². The summed E-state index contributed by atoms with van der Waals surface area (Å²) in [6.07, 6.45) is 3.42. The fraction of sp³-hybridized carbons (Fsp3) is 0.429. The Bertz CT molecular complexity index is 493. The molecule has 2 N–H and O–H groups in total. The number of rotatable bonds is 6. The van der Waals surface area contributed by atoms with Gasteiger partial charge in [0, 0.05) is 12.8 Å². The van der Waals surface area contributed by atoms with Gasteiger partial charge in [0.25, 0.3) is 0 Å². The van der Waals surface area contributed by atoms with Crippen LogP contribution in [0.4, 0.5) is 0 Å². The summed E-state index contributed by atoms with van der Waals surface area (Å²) in [4.78, 5) is 4.36. The third kappa shape index (κ3) is 3.40. The highest BCUT2D eigenvalue weighted by atomic mass is 16.5. The van der Waals surface area contributed by atoms with Crippen molar-refractivity contribution in [2.24, 2.45) is 5.73 Å². The van der Waals surface area contributed by atoms with Gasteiger partial charge in [-0.1, -0.05) is 29.4 Å². The monoisotopic (exact) mass is 245 g/mol. The van der Waals surface area contributed by atoms with E-state index in [0.29, 0.717) is 12.4 Å². The molecule has 96 valence electrons. The molecule has 4 nitrogen and oxygen atoms in total. The zero-order chi connectivity index (χ0) is 12.8. The zero-order valence-electron chi connectivity index (χ0n) is 10.7. The Morgan fingerprint density at radius 1 is 1.17 bits per heavy atom. The van der Waals surface area contributed by atoms with Gasteiger partial charge in [-0.2, -0.15) is 4.98 Å². The molecule has 1 aromatic carbocycles. The number of hydrogen-bond donors (Lipinski definition) is 1. The number of hydrogen-bond acceptors (Lipinski definition) is 4. The Kier molecular flexibility index (Phi) is 4.47. The van der Waals surface area contributed by atoms with E-state index in [0.717, 1.165) is 31.5 Å². The first-order valence-corrected chi connectivity index (χ1v) is 6.35. The minimum atomic E-state index is 0.660. The molecule has 0 aliphatic heterocycles.